The highest BCUT2D eigenvalue weighted by Gasteiger charge is 2.61. The molecule has 9 rings (SSSR count). The van der Waals surface area contributed by atoms with Crippen LogP contribution < -0.4 is 10.6 Å². The number of methoxy groups -OCH3 is 2. The van der Waals surface area contributed by atoms with E-state index in [1.54, 1.807) is 18.0 Å². The minimum atomic E-state index is -0.883. The number of nitrogens with zero attached hydrogens (tertiary/aromatic N) is 3. The van der Waals surface area contributed by atoms with Crippen molar-refractivity contribution in [1.82, 2.24) is 35.5 Å². The summed E-state index contributed by atoms with van der Waals surface area (Å²) in [5.41, 5.74) is 7.02. The van der Waals surface area contributed by atoms with E-state index in [0.29, 0.717) is 24.2 Å². The average Bonchev–Trinajstić information content (AvgIpc) is 3.62. The molecule has 3 saturated carbocycles. The Morgan fingerprint density at radius 2 is 1.39 bits per heavy atom. The van der Waals surface area contributed by atoms with E-state index in [1.165, 1.54) is 19.8 Å². The first-order valence-electron chi connectivity index (χ1n) is 20.1. The number of hydrogen-bond donors (Lipinski definition) is 4. The minimum absolute atomic E-state index is 0.0381. The number of carbonyl (C=O) groups excluding carboxylic acids is 3. The standard InChI is InChI=1S/C45H49N7O5/c1-26(56-2)39(50-44(55)57-3)43(54)52-23-7-10-36(52)40-46-24-34(48-40)29-15-11-27(12-16-29)28-13-17-30(18-14-28)35-25-47-41(49-35)37-32-19-20-33(32)38(37)42(53)51-45(21-22-45)31-8-5-4-6-9-31/h4-6,8-9,11-18,24-26,32-33,36-39H,7,10,19-23H2,1-3H3,(H,46,48)(H,47,49)(H,50,55)(H,51,53)/t26-,32?,33-,36?,37-,38-,39+/m1/s1. The number of H-pyrrole nitrogens is 2. The number of benzene rings is 3. The number of amides is 3. The first-order chi connectivity index (χ1) is 27.8. The predicted molar refractivity (Wildman–Crippen MR) is 214 cm³/mol. The zero-order valence-electron chi connectivity index (χ0n) is 32.5. The fraction of sp³-hybridized carbons (Fsp3) is 0.400. The van der Waals surface area contributed by atoms with Gasteiger partial charge in [-0.2, -0.15) is 0 Å². The average molecular weight is 768 g/mol. The maximum Gasteiger partial charge on any atom is 0.407 e. The van der Waals surface area contributed by atoms with Gasteiger partial charge in [0.2, 0.25) is 11.8 Å². The summed E-state index contributed by atoms with van der Waals surface area (Å²) in [5.74, 6) is 2.63. The Morgan fingerprint density at radius 1 is 0.789 bits per heavy atom. The van der Waals surface area contributed by atoms with Crippen LogP contribution in [0.4, 0.5) is 4.79 Å². The topological polar surface area (TPSA) is 154 Å². The molecule has 3 aromatic carbocycles. The van der Waals surface area contributed by atoms with E-state index in [4.69, 9.17) is 14.5 Å². The monoisotopic (exact) mass is 767 g/mol. The summed E-state index contributed by atoms with van der Waals surface area (Å²) in [6.07, 6.45) is 8.32. The molecule has 3 heterocycles. The molecule has 4 fully saturated rings. The van der Waals surface area contributed by atoms with Crippen LogP contribution in [-0.2, 0) is 24.6 Å². The number of alkyl carbamates (subject to hydrolysis) is 1. The van der Waals surface area contributed by atoms with Crippen LogP contribution >= 0.6 is 0 Å². The second-order valence-electron chi connectivity index (χ2n) is 16.2. The number of ether oxygens (including phenoxy) is 2. The van der Waals surface area contributed by atoms with E-state index in [9.17, 15) is 14.4 Å². The molecule has 4 N–H and O–H groups in total. The third kappa shape index (κ3) is 6.79. The Bertz CT molecular complexity index is 2250. The molecule has 0 spiro atoms. The van der Waals surface area contributed by atoms with Gasteiger partial charge in [-0.15, -0.1) is 0 Å². The molecule has 1 saturated heterocycles. The molecule has 7 atom stereocenters. The maximum absolute atomic E-state index is 13.8. The van der Waals surface area contributed by atoms with E-state index < -0.39 is 18.2 Å². The van der Waals surface area contributed by atoms with Crippen molar-refractivity contribution < 1.29 is 23.9 Å². The zero-order chi connectivity index (χ0) is 39.3. The second kappa shape index (κ2) is 15.0. The third-order valence-electron chi connectivity index (χ3n) is 13.1. The molecule has 57 heavy (non-hydrogen) atoms. The molecule has 3 amide bonds. The van der Waals surface area contributed by atoms with E-state index in [1.807, 2.05) is 12.3 Å². The summed E-state index contributed by atoms with van der Waals surface area (Å²) < 4.78 is 10.2. The summed E-state index contributed by atoms with van der Waals surface area (Å²) in [6, 6.07) is 26.1. The molecule has 1 aliphatic heterocycles. The first kappa shape index (κ1) is 36.9. The number of nitrogens with one attached hydrogen (secondary N) is 4. The molecular formula is C45H49N7O5. The molecule has 294 valence electrons. The van der Waals surface area contributed by atoms with Crippen molar-refractivity contribution in [3.8, 4) is 33.6 Å². The van der Waals surface area contributed by atoms with Gasteiger partial charge < -0.3 is 35.0 Å². The molecule has 0 bridgehead atoms. The quantitative estimate of drug-likeness (QED) is 0.106. The van der Waals surface area contributed by atoms with Gasteiger partial charge in [-0.25, -0.2) is 14.8 Å². The van der Waals surface area contributed by atoms with Crippen molar-refractivity contribution >= 4 is 17.9 Å². The van der Waals surface area contributed by atoms with Gasteiger partial charge in [-0.3, -0.25) is 9.59 Å². The van der Waals surface area contributed by atoms with Crippen LogP contribution in [0.5, 0.6) is 0 Å². The predicted octanol–water partition coefficient (Wildman–Crippen LogP) is 7.10. The second-order valence-corrected chi connectivity index (χ2v) is 16.2. The van der Waals surface area contributed by atoms with Crippen LogP contribution in [0.3, 0.4) is 0 Å². The Labute approximate surface area is 332 Å². The lowest BCUT2D eigenvalue weighted by atomic mass is 9.46. The molecule has 5 aromatic rings. The number of carbonyl (C=O) groups is 3. The van der Waals surface area contributed by atoms with Crippen molar-refractivity contribution in [2.24, 2.45) is 17.8 Å². The van der Waals surface area contributed by atoms with E-state index in [-0.39, 0.29) is 35.2 Å². The van der Waals surface area contributed by atoms with Gasteiger partial charge in [0.05, 0.1) is 54.5 Å². The van der Waals surface area contributed by atoms with Gasteiger partial charge >= 0.3 is 6.09 Å². The Balaban J connectivity index is 0.847. The van der Waals surface area contributed by atoms with Gasteiger partial charge in [0.25, 0.3) is 0 Å². The molecule has 4 aliphatic rings. The Kier molecular flexibility index (Phi) is 9.68. The van der Waals surface area contributed by atoms with Crippen molar-refractivity contribution in [2.45, 2.75) is 75.1 Å². The van der Waals surface area contributed by atoms with Crippen molar-refractivity contribution in [3.63, 3.8) is 0 Å². The van der Waals surface area contributed by atoms with Gasteiger partial charge in [0.1, 0.15) is 17.7 Å². The summed E-state index contributed by atoms with van der Waals surface area (Å²) >= 11 is 0. The van der Waals surface area contributed by atoms with E-state index in [0.717, 1.165) is 78.0 Å². The number of likely N-dealkylation sites (tertiary alicyclic amines) is 1. The molecule has 12 heteroatoms. The summed E-state index contributed by atoms with van der Waals surface area (Å²) in [6.45, 7) is 2.30. The normalized spacial score (nSPS) is 24.0. The van der Waals surface area contributed by atoms with Crippen molar-refractivity contribution in [1.29, 1.82) is 0 Å². The number of imidazole rings is 2. The number of aromatic nitrogens is 4. The van der Waals surface area contributed by atoms with Crippen LogP contribution in [0.25, 0.3) is 33.6 Å². The largest absolute Gasteiger partial charge is 0.453 e. The highest BCUT2D eigenvalue weighted by Crippen LogP contribution is 2.63. The smallest absolute Gasteiger partial charge is 0.407 e. The van der Waals surface area contributed by atoms with Crippen LogP contribution in [0.15, 0.2) is 91.3 Å². The highest BCUT2D eigenvalue weighted by atomic mass is 16.5. The Morgan fingerprint density at radius 3 is 1.96 bits per heavy atom. The molecule has 2 aromatic heterocycles. The third-order valence-corrected chi connectivity index (χ3v) is 13.1. The van der Waals surface area contributed by atoms with Crippen molar-refractivity contribution in [3.05, 3.63) is 108 Å². The van der Waals surface area contributed by atoms with Crippen LogP contribution in [0, 0.1) is 17.8 Å². The summed E-state index contributed by atoms with van der Waals surface area (Å²) in [7, 11) is 2.78. The molecule has 3 aliphatic carbocycles. The van der Waals surface area contributed by atoms with E-state index in [2.05, 4.69) is 98.4 Å². The number of rotatable bonds is 12. The lowest BCUT2D eigenvalue weighted by Crippen LogP contribution is -2.58. The summed E-state index contributed by atoms with van der Waals surface area (Å²) in [4.78, 5) is 57.7. The molecule has 0 radical (unpaired) electrons. The maximum atomic E-state index is 13.8. The van der Waals surface area contributed by atoms with Crippen LogP contribution in [-0.4, -0.2) is 75.7 Å². The SMILES string of the molecule is COC(=O)N[C@H](C(=O)N1CCCC1c1ncc(-c2ccc(-c3ccc(-c4cnc([C@@H]5C6CC[C@H]6[C@H]5C(=O)NC5(c6ccccc6)CC5)[nH]4)cc3)cc2)[nH]1)[C@@H](C)OC. The highest BCUT2D eigenvalue weighted by molar-refractivity contribution is 5.87. The van der Waals surface area contributed by atoms with Gasteiger partial charge in [-0.05, 0) is 85.1 Å². The van der Waals surface area contributed by atoms with Crippen LogP contribution in [0.2, 0.25) is 0 Å². The molecule has 2 unspecified atom stereocenters. The fourth-order valence-electron chi connectivity index (χ4n) is 9.43. The zero-order valence-corrected chi connectivity index (χ0v) is 32.5. The lowest BCUT2D eigenvalue weighted by Gasteiger charge is -2.57. The van der Waals surface area contributed by atoms with Crippen LogP contribution in [0.1, 0.15) is 74.6 Å². The van der Waals surface area contributed by atoms with Crippen molar-refractivity contribution in [2.75, 3.05) is 20.8 Å². The van der Waals surface area contributed by atoms with Gasteiger partial charge in [0, 0.05) is 19.6 Å². The van der Waals surface area contributed by atoms with Gasteiger partial charge in [-0.1, -0.05) is 78.9 Å². The number of hydrogen-bond acceptors (Lipinski definition) is 7. The van der Waals surface area contributed by atoms with Gasteiger partial charge in [0.15, 0.2) is 0 Å². The number of fused-ring (bicyclic) bond motifs is 1. The lowest BCUT2D eigenvalue weighted by molar-refractivity contribution is -0.146. The van der Waals surface area contributed by atoms with E-state index >= 15 is 0 Å². The number of aromatic amines is 2. The fourth-order valence-corrected chi connectivity index (χ4v) is 9.43. The first-order valence-corrected chi connectivity index (χ1v) is 20.1. The molecule has 12 nitrogen and oxygen atoms in total. The minimum Gasteiger partial charge on any atom is -0.453 e. The molecular weight excluding hydrogens is 719 g/mol. The Hall–Kier alpha value is -5.75. The summed E-state index contributed by atoms with van der Waals surface area (Å²) in [5, 5.41) is 6.09.